The summed E-state index contributed by atoms with van der Waals surface area (Å²) in [7, 11) is 0. The van der Waals surface area contributed by atoms with Crippen molar-refractivity contribution in [1.29, 1.82) is 0 Å². The lowest BCUT2D eigenvalue weighted by Crippen LogP contribution is -2.07. The number of nitrogens with zero attached hydrogens (tertiary/aromatic N) is 1. The van der Waals surface area contributed by atoms with Crippen molar-refractivity contribution in [3.05, 3.63) is 23.4 Å². The molecule has 2 aliphatic rings. The maximum atomic E-state index is 6.02. The first-order valence-electron chi connectivity index (χ1n) is 6.94. The van der Waals surface area contributed by atoms with E-state index in [1.165, 1.54) is 11.1 Å². The van der Waals surface area contributed by atoms with Gasteiger partial charge in [-0.3, -0.25) is 5.10 Å². The molecule has 1 aromatic carbocycles. The average Bonchev–Trinajstić information content (AvgIpc) is 3.04. The number of fused-ring (bicyclic) bond motifs is 2. The van der Waals surface area contributed by atoms with Crippen molar-refractivity contribution in [2.24, 2.45) is 0 Å². The number of hydrogen-bond donors (Lipinski definition) is 2. The Hall–Kier alpha value is -2.17. The fraction of sp³-hybridized carbons (Fsp3) is 0.400. The molecule has 0 fully saturated rings. The van der Waals surface area contributed by atoms with Gasteiger partial charge in [0.05, 0.1) is 6.20 Å². The zero-order chi connectivity index (χ0) is 13.9. The molecule has 3 heterocycles. The number of hydrogen-bond acceptors (Lipinski definition) is 4. The Morgan fingerprint density at radius 1 is 1.25 bits per heavy atom. The second-order valence-corrected chi connectivity index (χ2v) is 5.68. The summed E-state index contributed by atoms with van der Waals surface area (Å²) in [5.41, 5.74) is 10.4. The van der Waals surface area contributed by atoms with E-state index in [-0.39, 0.29) is 12.2 Å². The quantitative estimate of drug-likeness (QED) is 0.834. The third kappa shape index (κ3) is 1.52. The SMILES string of the molecule is CC1Cc2c(cc3c(c2-c2cn[nH]c2N)OC(C)C3)O1. The van der Waals surface area contributed by atoms with Crippen LogP contribution in [0.1, 0.15) is 25.0 Å². The fourth-order valence-electron chi connectivity index (χ4n) is 3.20. The van der Waals surface area contributed by atoms with Crippen LogP contribution in [0.3, 0.4) is 0 Å². The normalized spacial score (nSPS) is 23.1. The molecule has 2 aromatic rings. The predicted molar refractivity (Wildman–Crippen MR) is 76.0 cm³/mol. The lowest BCUT2D eigenvalue weighted by Gasteiger charge is -2.12. The van der Waals surface area contributed by atoms with Crippen LogP contribution in [0.4, 0.5) is 5.82 Å². The van der Waals surface area contributed by atoms with E-state index in [0.29, 0.717) is 5.82 Å². The number of anilines is 1. The van der Waals surface area contributed by atoms with Crippen LogP contribution in [0, 0.1) is 0 Å². The summed E-state index contributed by atoms with van der Waals surface area (Å²) in [6.45, 7) is 4.16. The molecule has 2 atom stereocenters. The molecule has 5 nitrogen and oxygen atoms in total. The number of nitrogen functional groups attached to an aromatic ring is 1. The number of rotatable bonds is 1. The Morgan fingerprint density at radius 3 is 2.80 bits per heavy atom. The molecule has 0 aliphatic carbocycles. The van der Waals surface area contributed by atoms with Crippen molar-refractivity contribution in [2.75, 3.05) is 5.73 Å². The molecule has 2 unspecified atom stereocenters. The summed E-state index contributed by atoms with van der Waals surface area (Å²) in [6.07, 6.45) is 3.93. The molecule has 0 radical (unpaired) electrons. The van der Waals surface area contributed by atoms with E-state index in [2.05, 4.69) is 30.1 Å². The van der Waals surface area contributed by atoms with Crippen molar-refractivity contribution in [1.82, 2.24) is 10.2 Å². The highest BCUT2D eigenvalue weighted by molar-refractivity contribution is 5.84. The largest absolute Gasteiger partial charge is 0.490 e. The molecule has 0 saturated carbocycles. The van der Waals surface area contributed by atoms with Crippen LogP contribution in [-0.2, 0) is 12.8 Å². The van der Waals surface area contributed by atoms with Gasteiger partial charge in [0.1, 0.15) is 29.5 Å². The molecule has 5 heteroatoms. The smallest absolute Gasteiger partial charge is 0.131 e. The van der Waals surface area contributed by atoms with Gasteiger partial charge in [0.15, 0.2) is 0 Å². The molecule has 0 saturated heterocycles. The van der Waals surface area contributed by atoms with Gasteiger partial charge >= 0.3 is 0 Å². The third-order valence-corrected chi connectivity index (χ3v) is 4.01. The maximum Gasteiger partial charge on any atom is 0.131 e. The number of nitrogens with two attached hydrogens (primary N) is 1. The van der Waals surface area contributed by atoms with Gasteiger partial charge in [-0.25, -0.2) is 0 Å². The number of aromatic nitrogens is 2. The fourth-order valence-corrected chi connectivity index (χ4v) is 3.20. The van der Waals surface area contributed by atoms with Gasteiger partial charge in [-0.15, -0.1) is 0 Å². The first kappa shape index (κ1) is 11.6. The minimum Gasteiger partial charge on any atom is -0.490 e. The summed E-state index contributed by atoms with van der Waals surface area (Å²) in [4.78, 5) is 0. The monoisotopic (exact) mass is 271 g/mol. The Kier molecular flexibility index (Phi) is 2.28. The average molecular weight is 271 g/mol. The number of ether oxygens (including phenoxy) is 2. The summed E-state index contributed by atoms with van der Waals surface area (Å²) in [6, 6.07) is 2.12. The van der Waals surface area contributed by atoms with E-state index >= 15 is 0 Å². The van der Waals surface area contributed by atoms with Crippen LogP contribution in [0.2, 0.25) is 0 Å². The first-order valence-corrected chi connectivity index (χ1v) is 6.94. The second kappa shape index (κ2) is 3.91. The molecule has 0 spiro atoms. The van der Waals surface area contributed by atoms with Gasteiger partial charge in [-0.1, -0.05) is 0 Å². The Balaban J connectivity index is 2.00. The zero-order valence-electron chi connectivity index (χ0n) is 11.6. The van der Waals surface area contributed by atoms with Crippen molar-refractivity contribution in [2.45, 2.75) is 38.9 Å². The molecule has 3 N–H and O–H groups in total. The van der Waals surface area contributed by atoms with Crippen LogP contribution in [-0.4, -0.2) is 22.4 Å². The Bertz CT molecular complexity index is 656. The Morgan fingerprint density at radius 2 is 2.05 bits per heavy atom. The van der Waals surface area contributed by atoms with Crippen LogP contribution >= 0.6 is 0 Å². The van der Waals surface area contributed by atoms with Crippen molar-refractivity contribution in [3.63, 3.8) is 0 Å². The highest BCUT2D eigenvalue weighted by Crippen LogP contribution is 2.49. The van der Waals surface area contributed by atoms with E-state index < -0.39 is 0 Å². The number of H-pyrrole nitrogens is 1. The lowest BCUT2D eigenvalue weighted by atomic mass is 9.94. The highest BCUT2D eigenvalue weighted by Gasteiger charge is 2.33. The molecule has 2 aliphatic heterocycles. The first-order chi connectivity index (χ1) is 9.63. The molecule has 4 rings (SSSR count). The van der Waals surface area contributed by atoms with Crippen LogP contribution in [0.5, 0.6) is 11.5 Å². The van der Waals surface area contributed by atoms with Gasteiger partial charge in [0.2, 0.25) is 0 Å². The zero-order valence-corrected chi connectivity index (χ0v) is 11.6. The van der Waals surface area contributed by atoms with Crippen molar-refractivity contribution in [3.8, 4) is 22.6 Å². The number of benzene rings is 1. The number of aromatic amines is 1. The second-order valence-electron chi connectivity index (χ2n) is 5.68. The van der Waals surface area contributed by atoms with Gasteiger partial charge in [-0.2, -0.15) is 5.10 Å². The predicted octanol–water partition coefficient (Wildman–Crippen LogP) is 2.31. The van der Waals surface area contributed by atoms with Gasteiger partial charge in [0.25, 0.3) is 0 Å². The van der Waals surface area contributed by atoms with E-state index in [4.69, 9.17) is 15.2 Å². The summed E-state index contributed by atoms with van der Waals surface area (Å²) in [5.74, 6) is 2.48. The third-order valence-electron chi connectivity index (χ3n) is 4.01. The van der Waals surface area contributed by atoms with E-state index in [0.717, 1.165) is 35.5 Å². The van der Waals surface area contributed by atoms with Crippen LogP contribution < -0.4 is 15.2 Å². The van der Waals surface area contributed by atoms with Crippen LogP contribution in [0.25, 0.3) is 11.1 Å². The topological polar surface area (TPSA) is 73.2 Å². The summed E-state index contributed by atoms with van der Waals surface area (Å²) in [5, 5.41) is 6.84. The molecular formula is C15H17N3O2. The van der Waals surface area contributed by atoms with E-state index in [1.807, 2.05) is 0 Å². The van der Waals surface area contributed by atoms with Gasteiger partial charge in [0, 0.05) is 35.1 Å². The lowest BCUT2D eigenvalue weighted by molar-refractivity contribution is 0.254. The maximum absolute atomic E-state index is 6.02. The van der Waals surface area contributed by atoms with Gasteiger partial charge in [-0.05, 0) is 19.9 Å². The van der Waals surface area contributed by atoms with E-state index in [1.54, 1.807) is 6.20 Å². The molecule has 20 heavy (non-hydrogen) atoms. The standard InChI is InChI=1S/C15H17N3O2/c1-7-3-9-5-12-10(4-8(2)19-12)13(14(9)20-7)11-6-17-18-15(11)16/h5-8H,3-4H2,1-2H3,(H3,16,17,18). The van der Waals surface area contributed by atoms with Gasteiger partial charge < -0.3 is 15.2 Å². The Labute approximate surface area is 117 Å². The van der Waals surface area contributed by atoms with Crippen molar-refractivity contribution < 1.29 is 9.47 Å². The van der Waals surface area contributed by atoms with Crippen molar-refractivity contribution >= 4 is 5.82 Å². The molecule has 104 valence electrons. The minimum absolute atomic E-state index is 0.192. The molecule has 1 aromatic heterocycles. The molecule has 0 amide bonds. The van der Waals surface area contributed by atoms with Crippen LogP contribution in [0.15, 0.2) is 12.3 Å². The number of nitrogens with one attached hydrogen (secondary N) is 1. The highest BCUT2D eigenvalue weighted by atomic mass is 16.5. The summed E-state index contributed by atoms with van der Waals surface area (Å²) >= 11 is 0. The summed E-state index contributed by atoms with van der Waals surface area (Å²) < 4.78 is 11.9. The minimum atomic E-state index is 0.192. The van der Waals surface area contributed by atoms with E-state index in [9.17, 15) is 0 Å². The molecule has 0 bridgehead atoms. The molecular weight excluding hydrogens is 254 g/mol.